The summed E-state index contributed by atoms with van der Waals surface area (Å²) in [7, 11) is 0. The van der Waals surface area contributed by atoms with Gasteiger partial charge in [-0.1, -0.05) is 41.4 Å². The Morgan fingerprint density at radius 2 is 1.55 bits per heavy atom. The molecule has 0 aromatic heterocycles. The number of amides is 2. The number of hydrogen-bond acceptors (Lipinski definition) is 2. The van der Waals surface area contributed by atoms with Gasteiger partial charge in [-0.3, -0.25) is 20.4 Å². The molecule has 0 aliphatic heterocycles. The van der Waals surface area contributed by atoms with Crippen molar-refractivity contribution in [2.24, 2.45) is 0 Å². The van der Waals surface area contributed by atoms with Crippen LogP contribution < -0.4 is 10.9 Å². The molecule has 0 fully saturated rings. The average molecular weight is 309 g/mol. The minimum atomic E-state index is -0.494. The number of hydrazine groups is 1. The normalized spacial score (nSPS) is 9.90. The highest BCUT2D eigenvalue weighted by Crippen LogP contribution is 2.14. The Morgan fingerprint density at radius 3 is 2.25 bits per heavy atom. The van der Waals surface area contributed by atoms with E-state index < -0.39 is 11.8 Å². The standard InChI is InChI=1S/C14H10Cl2N2O2/c15-10-5-3-4-9(8-10)13(19)17-18-14(20)11-6-1-2-7-12(11)16/h1-8H,(H,17,19)(H,18,20). The number of hydrogen-bond donors (Lipinski definition) is 2. The Morgan fingerprint density at radius 1 is 0.850 bits per heavy atom. The van der Waals surface area contributed by atoms with Gasteiger partial charge in [-0.2, -0.15) is 0 Å². The van der Waals surface area contributed by atoms with E-state index in [1.165, 1.54) is 6.07 Å². The SMILES string of the molecule is O=C(NNC(=O)c1ccccc1Cl)c1cccc(Cl)c1. The summed E-state index contributed by atoms with van der Waals surface area (Å²) < 4.78 is 0. The summed E-state index contributed by atoms with van der Waals surface area (Å²) in [5, 5.41) is 0.747. The minimum Gasteiger partial charge on any atom is -0.267 e. The lowest BCUT2D eigenvalue weighted by Crippen LogP contribution is -2.41. The van der Waals surface area contributed by atoms with E-state index in [2.05, 4.69) is 10.9 Å². The molecular formula is C14H10Cl2N2O2. The number of benzene rings is 2. The van der Waals surface area contributed by atoms with Crippen LogP contribution in [0.4, 0.5) is 0 Å². The molecule has 0 aliphatic carbocycles. The second kappa shape index (κ2) is 6.41. The molecule has 0 saturated heterocycles. The zero-order valence-corrected chi connectivity index (χ0v) is 11.7. The second-order valence-corrected chi connectivity index (χ2v) is 4.74. The molecule has 2 aromatic rings. The van der Waals surface area contributed by atoms with Gasteiger partial charge in [0.15, 0.2) is 0 Å². The van der Waals surface area contributed by atoms with Crippen LogP contribution in [-0.4, -0.2) is 11.8 Å². The fourth-order valence-electron chi connectivity index (χ4n) is 1.53. The average Bonchev–Trinajstić information content (AvgIpc) is 2.45. The third kappa shape index (κ3) is 3.50. The van der Waals surface area contributed by atoms with Gasteiger partial charge in [0, 0.05) is 10.6 Å². The summed E-state index contributed by atoms with van der Waals surface area (Å²) in [4.78, 5) is 23.6. The summed E-state index contributed by atoms with van der Waals surface area (Å²) in [6.45, 7) is 0. The van der Waals surface area contributed by atoms with Crippen LogP contribution in [0.1, 0.15) is 20.7 Å². The van der Waals surface area contributed by atoms with Crippen molar-refractivity contribution >= 4 is 35.0 Å². The number of rotatable bonds is 2. The van der Waals surface area contributed by atoms with Gasteiger partial charge in [0.2, 0.25) is 0 Å². The van der Waals surface area contributed by atoms with Crippen LogP contribution in [0.15, 0.2) is 48.5 Å². The quantitative estimate of drug-likeness (QED) is 0.838. The molecule has 0 aliphatic rings. The van der Waals surface area contributed by atoms with Gasteiger partial charge >= 0.3 is 0 Å². The highest BCUT2D eigenvalue weighted by Gasteiger charge is 2.11. The summed E-state index contributed by atoms with van der Waals surface area (Å²) in [6, 6.07) is 12.9. The first-order chi connectivity index (χ1) is 9.58. The molecule has 102 valence electrons. The molecule has 2 N–H and O–H groups in total. The number of halogens is 2. The third-order valence-electron chi connectivity index (χ3n) is 2.49. The molecule has 0 spiro atoms. The van der Waals surface area contributed by atoms with Crippen LogP contribution >= 0.6 is 23.2 Å². The van der Waals surface area contributed by atoms with Crippen LogP contribution in [0.2, 0.25) is 10.0 Å². The summed E-state index contributed by atoms with van der Waals surface area (Å²) in [6.07, 6.45) is 0. The van der Waals surface area contributed by atoms with Crippen molar-refractivity contribution in [2.75, 3.05) is 0 Å². The first kappa shape index (κ1) is 14.4. The van der Waals surface area contributed by atoms with E-state index >= 15 is 0 Å². The molecule has 0 bridgehead atoms. The van der Waals surface area contributed by atoms with Crippen LogP contribution in [0, 0.1) is 0 Å². The Balaban J connectivity index is 2.01. The van der Waals surface area contributed by atoms with Gasteiger partial charge in [0.05, 0.1) is 10.6 Å². The zero-order valence-electron chi connectivity index (χ0n) is 10.2. The first-order valence-corrected chi connectivity index (χ1v) is 6.44. The van der Waals surface area contributed by atoms with Crippen molar-refractivity contribution in [1.82, 2.24) is 10.9 Å². The van der Waals surface area contributed by atoms with Gasteiger partial charge in [-0.25, -0.2) is 0 Å². The maximum atomic E-state index is 11.8. The van der Waals surface area contributed by atoms with Crippen molar-refractivity contribution in [3.63, 3.8) is 0 Å². The van der Waals surface area contributed by atoms with E-state index in [4.69, 9.17) is 23.2 Å². The lowest BCUT2D eigenvalue weighted by atomic mass is 10.2. The monoisotopic (exact) mass is 308 g/mol. The maximum absolute atomic E-state index is 11.8. The molecule has 0 heterocycles. The predicted octanol–water partition coefficient (Wildman–Crippen LogP) is 3.07. The van der Waals surface area contributed by atoms with E-state index in [1.54, 1.807) is 42.5 Å². The van der Waals surface area contributed by atoms with E-state index in [1.807, 2.05) is 0 Å². The fourth-order valence-corrected chi connectivity index (χ4v) is 1.94. The zero-order chi connectivity index (χ0) is 14.5. The maximum Gasteiger partial charge on any atom is 0.271 e. The van der Waals surface area contributed by atoms with Gasteiger partial charge in [0.25, 0.3) is 11.8 Å². The lowest BCUT2D eigenvalue weighted by Gasteiger charge is -2.08. The summed E-state index contributed by atoms with van der Waals surface area (Å²) in [5.41, 5.74) is 5.21. The van der Waals surface area contributed by atoms with Crippen molar-refractivity contribution in [3.8, 4) is 0 Å². The predicted molar refractivity (Wildman–Crippen MR) is 77.8 cm³/mol. The Kier molecular flexibility index (Phi) is 4.61. The minimum absolute atomic E-state index is 0.278. The molecule has 2 amide bonds. The molecule has 20 heavy (non-hydrogen) atoms. The van der Waals surface area contributed by atoms with Crippen molar-refractivity contribution in [1.29, 1.82) is 0 Å². The van der Waals surface area contributed by atoms with Crippen molar-refractivity contribution < 1.29 is 9.59 Å². The van der Waals surface area contributed by atoms with Crippen LogP contribution in [0.5, 0.6) is 0 Å². The van der Waals surface area contributed by atoms with Crippen LogP contribution in [0.25, 0.3) is 0 Å². The number of carbonyl (C=O) groups excluding carboxylic acids is 2. The highest BCUT2D eigenvalue weighted by atomic mass is 35.5. The van der Waals surface area contributed by atoms with Gasteiger partial charge in [0.1, 0.15) is 0 Å². The number of carbonyl (C=O) groups is 2. The van der Waals surface area contributed by atoms with Crippen molar-refractivity contribution in [3.05, 3.63) is 69.7 Å². The Hall–Kier alpha value is -2.04. The van der Waals surface area contributed by atoms with E-state index in [-0.39, 0.29) is 5.56 Å². The molecule has 0 atom stereocenters. The molecular weight excluding hydrogens is 299 g/mol. The Labute approximate surface area is 125 Å². The molecule has 0 saturated carbocycles. The molecule has 6 heteroatoms. The van der Waals surface area contributed by atoms with Gasteiger partial charge in [-0.05, 0) is 30.3 Å². The molecule has 0 radical (unpaired) electrons. The summed E-state index contributed by atoms with van der Waals surface area (Å²) in [5.74, 6) is -0.959. The van der Waals surface area contributed by atoms with E-state index in [9.17, 15) is 9.59 Å². The van der Waals surface area contributed by atoms with Crippen LogP contribution in [-0.2, 0) is 0 Å². The summed E-state index contributed by atoms with van der Waals surface area (Å²) >= 11 is 11.7. The smallest absolute Gasteiger partial charge is 0.267 e. The van der Waals surface area contributed by atoms with E-state index in [0.29, 0.717) is 15.6 Å². The van der Waals surface area contributed by atoms with Crippen molar-refractivity contribution in [2.45, 2.75) is 0 Å². The third-order valence-corrected chi connectivity index (χ3v) is 3.06. The van der Waals surface area contributed by atoms with Gasteiger partial charge < -0.3 is 0 Å². The topological polar surface area (TPSA) is 58.2 Å². The highest BCUT2D eigenvalue weighted by molar-refractivity contribution is 6.33. The first-order valence-electron chi connectivity index (χ1n) is 5.68. The lowest BCUT2D eigenvalue weighted by molar-refractivity contribution is 0.0847. The number of nitrogens with one attached hydrogen (secondary N) is 2. The molecule has 0 unspecified atom stereocenters. The second-order valence-electron chi connectivity index (χ2n) is 3.90. The largest absolute Gasteiger partial charge is 0.271 e. The van der Waals surface area contributed by atoms with Crippen LogP contribution in [0.3, 0.4) is 0 Å². The van der Waals surface area contributed by atoms with E-state index in [0.717, 1.165) is 0 Å². The molecule has 4 nitrogen and oxygen atoms in total. The Bertz CT molecular complexity index is 659. The molecule has 2 rings (SSSR count). The fraction of sp³-hybridized carbons (Fsp3) is 0. The van der Waals surface area contributed by atoms with Gasteiger partial charge in [-0.15, -0.1) is 0 Å². The molecule has 2 aromatic carbocycles.